The molecular formula is C20H25N5O4. The largest absolute Gasteiger partial charge is 0.476 e. The number of likely N-dealkylation sites (tertiary alicyclic amines) is 1. The van der Waals surface area contributed by atoms with Crippen LogP contribution in [0.3, 0.4) is 0 Å². The highest BCUT2D eigenvalue weighted by Gasteiger charge is 2.28. The molecule has 2 amide bonds. The number of rotatable bonds is 7. The molecule has 1 aliphatic rings. The Morgan fingerprint density at radius 3 is 2.48 bits per heavy atom. The molecule has 9 nitrogen and oxygen atoms in total. The van der Waals surface area contributed by atoms with Crippen LogP contribution >= 0.6 is 0 Å². The normalized spacial score (nSPS) is 15.7. The van der Waals surface area contributed by atoms with Crippen molar-refractivity contribution in [1.82, 2.24) is 25.2 Å². The number of hydrogen-bond acceptors (Lipinski definition) is 5. The third kappa shape index (κ3) is 5.18. The predicted molar refractivity (Wildman–Crippen MR) is 104 cm³/mol. The molecule has 1 unspecified atom stereocenters. The summed E-state index contributed by atoms with van der Waals surface area (Å²) in [4.78, 5) is 37.8. The van der Waals surface area contributed by atoms with Gasteiger partial charge in [-0.05, 0) is 24.8 Å². The maximum Gasteiger partial charge on any atom is 0.358 e. The maximum atomic E-state index is 12.9. The number of piperidine rings is 1. The third-order valence-electron chi connectivity index (χ3n) is 5.14. The summed E-state index contributed by atoms with van der Waals surface area (Å²) in [5.41, 5.74) is 0.831. The lowest BCUT2D eigenvalue weighted by Gasteiger charge is -2.34. The van der Waals surface area contributed by atoms with Crippen LogP contribution in [0.15, 0.2) is 36.5 Å². The summed E-state index contributed by atoms with van der Waals surface area (Å²) in [5, 5.41) is 18.9. The second-order valence-corrected chi connectivity index (χ2v) is 7.15. The molecule has 1 aromatic heterocycles. The molecule has 0 radical (unpaired) electrons. The van der Waals surface area contributed by atoms with Gasteiger partial charge in [0.05, 0.1) is 12.1 Å². The molecule has 2 aromatic rings. The number of benzene rings is 1. The first-order valence-corrected chi connectivity index (χ1v) is 9.74. The van der Waals surface area contributed by atoms with E-state index in [9.17, 15) is 14.4 Å². The van der Waals surface area contributed by atoms with Crippen LogP contribution < -0.4 is 5.32 Å². The first-order valence-electron chi connectivity index (χ1n) is 9.74. The van der Waals surface area contributed by atoms with Crippen molar-refractivity contribution in [3.63, 3.8) is 0 Å². The van der Waals surface area contributed by atoms with E-state index >= 15 is 0 Å². The molecular weight excluding hydrogens is 374 g/mol. The molecule has 0 saturated carbocycles. The van der Waals surface area contributed by atoms with E-state index in [0.29, 0.717) is 25.9 Å². The van der Waals surface area contributed by atoms with Gasteiger partial charge in [0.1, 0.15) is 6.54 Å². The Morgan fingerprint density at radius 1 is 1.21 bits per heavy atom. The summed E-state index contributed by atoms with van der Waals surface area (Å²) < 4.78 is 1.20. The molecule has 0 aliphatic carbocycles. The van der Waals surface area contributed by atoms with E-state index in [2.05, 4.69) is 15.6 Å². The summed E-state index contributed by atoms with van der Waals surface area (Å²) in [6.45, 7) is 3.12. The summed E-state index contributed by atoms with van der Waals surface area (Å²) in [7, 11) is 0. The van der Waals surface area contributed by atoms with E-state index in [0.717, 1.165) is 12.0 Å². The van der Waals surface area contributed by atoms with Crippen molar-refractivity contribution < 1.29 is 19.5 Å². The Kier molecular flexibility index (Phi) is 6.58. The van der Waals surface area contributed by atoms with Gasteiger partial charge in [0.25, 0.3) is 0 Å². The predicted octanol–water partition coefficient (Wildman–Crippen LogP) is 1.28. The minimum Gasteiger partial charge on any atom is -0.476 e. The zero-order valence-corrected chi connectivity index (χ0v) is 16.3. The zero-order valence-electron chi connectivity index (χ0n) is 16.3. The highest BCUT2D eigenvalue weighted by Crippen LogP contribution is 2.24. The molecule has 3 rings (SSSR count). The average Bonchev–Trinajstić information content (AvgIpc) is 3.18. The van der Waals surface area contributed by atoms with Crippen LogP contribution in [0.1, 0.15) is 48.2 Å². The van der Waals surface area contributed by atoms with E-state index in [1.54, 1.807) is 0 Å². The van der Waals surface area contributed by atoms with Gasteiger partial charge in [-0.1, -0.05) is 42.5 Å². The van der Waals surface area contributed by atoms with Crippen LogP contribution in [0.4, 0.5) is 0 Å². The zero-order chi connectivity index (χ0) is 20.8. The monoisotopic (exact) mass is 399 g/mol. The Balaban J connectivity index is 1.48. The van der Waals surface area contributed by atoms with Crippen LogP contribution in [-0.2, 0) is 16.1 Å². The van der Waals surface area contributed by atoms with Crippen molar-refractivity contribution in [1.29, 1.82) is 0 Å². The van der Waals surface area contributed by atoms with E-state index in [1.165, 1.54) is 10.9 Å². The van der Waals surface area contributed by atoms with Crippen molar-refractivity contribution in [2.45, 2.75) is 44.7 Å². The van der Waals surface area contributed by atoms with Gasteiger partial charge in [-0.15, -0.1) is 5.10 Å². The fraction of sp³-hybridized carbons (Fsp3) is 0.450. The number of aromatic carboxylic acids is 1. The molecule has 1 fully saturated rings. The Morgan fingerprint density at radius 2 is 1.90 bits per heavy atom. The first kappa shape index (κ1) is 20.5. The highest BCUT2D eigenvalue weighted by molar-refractivity contribution is 5.85. The van der Waals surface area contributed by atoms with Crippen molar-refractivity contribution in [2.75, 3.05) is 13.1 Å². The molecule has 1 aliphatic heterocycles. The van der Waals surface area contributed by atoms with E-state index in [1.807, 2.05) is 42.2 Å². The van der Waals surface area contributed by atoms with Crippen LogP contribution in [0, 0.1) is 0 Å². The van der Waals surface area contributed by atoms with Gasteiger partial charge in [0.15, 0.2) is 5.69 Å². The van der Waals surface area contributed by atoms with Crippen LogP contribution in [0.2, 0.25) is 0 Å². The lowest BCUT2D eigenvalue weighted by Crippen LogP contribution is -2.48. The van der Waals surface area contributed by atoms with Crippen molar-refractivity contribution >= 4 is 17.8 Å². The number of nitrogens with one attached hydrogen (secondary N) is 1. The number of amides is 2. The summed E-state index contributed by atoms with van der Waals surface area (Å²) in [5.74, 6) is -1.45. The van der Waals surface area contributed by atoms with Gasteiger partial charge in [-0.2, -0.15) is 0 Å². The summed E-state index contributed by atoms with van der Waals surface area (Å²) in [6, 6.07) is 9.78. The number of aromatic nitrogens is 3. The van der Waals surface area contributed by atoms with Crippen LogP contribution in [0.5, 0.6) is 0 Å². The average molecular weight is 399 g/mol. The highest BCUT2D eigenvalue weighted by atomic mass is 16.4. The van der Waals surface area contributed by atoms with Gasteiger partial charge >= 0.3 is 5.97 Å². The van der Waals surface area contributed by atoms with Crippen LogP contribution in [0.25, 0.3) is 0 Å². The maximum absolute atomic E-state index is 12.9. The van der Waals surface area contributed by atoms with Crippen molar-refractivity contribution in [3.8, 4) is 0 Å². The lowest BCUT2D eigenvalue weighted by molar-refractivity contribution is -0.134. The van der Waals surface area contributed by atoms with Crippen LogP contribution in [-0.4, -0.2) is 61.9 Å². The molecule has 9 heteroatoms. The molecule has 1 aromatic carbocycles. The molecule has 0 bridgehead atoms. The summed E-state index contributed by atoms with van der Waals surface area (Å²) in [6.07, 6.45) is 3.33. The number of carboxylic acid groups (broad SMARTS) is 1. The molecule has 0 spiro atoms. The minimum atomic E-state index is -1.19. The fourth-order valence-corrected chi connectivity index (χ4v) is 3.60. The summed E-state index contributed by atoms with van der Waals surface area (Å²) >= 11 is 0. The van der Waals surface area contributed by atoms with Crippen molar-refractivity contribution in [2.24, 2.45) is 0 Å². The topological polar surface area (TPSA) is 117 Å². The van der Waals surface area contributed by atoms with E-state index in [-0.39, 0.29) is 36.0 Å². The Hall–Kier alpha value is -3.23. The lowest BCUT2D eigenvalue weighted by atomic mass is 9.93. The molecule has 154 valence electrons. The van der Waals surface area contributed by atoms with E-state index < -0.39 is 5.97 Å². The number of carbonyl (C=O) groups is 3. The van der Waals surface area contributed by atoms with Gasteiger partial charge < -0.3 is 15.3 Å². The Bertz CT molecular complexity index is 859. The second-order valence-electron chi connectivity index (χ2n) is 7.15. The van der Waals surface area contributed by atoms with Crippen molar-refractivity contribution in [3.05, 3.63) is 47.8 Å². The number of carboxylic acids is 1. The molecule has 1 saturated heterocycles. The first-order chi connectivity index (χ1) is 14.0. The smallest absolute Gasteiger partial charge is 0.358 e. The quantitative estimate of drug-likeness (QED) is 0.724. The molecule has 2 N–H and O–H groups in total. The second kappa shape index (κ2) is 9.31. The number of nitrogens with zero attached hydrogens (tertiary/aromatic N) is 4. The van der Waals surface area contributed by atoms with E-state index in [4.69, 9.17) is 5.11 Å². The van der Waals surface area contributed by atoms with Gasteiger partial charge in [-0.25, -0.2) is 9.48 Å². The van der Waals surface area contributed by atoms with Gasteiger partial charge in [-0.3, -0.25) is 9.59 Å². The standard InChI is InChI=1S/C20H25N5O4/c1-2-16(14-6-4-3-5-7-14)19(27)24-10-8-15(9-11-24)21-18(26)13-25-12-17(20(28)29)22-23-25/h3-7,12,15-16H,2,8-11,13H2,1H3,(H,21,26)(H,28,29). The number of carbonyl (C=O) groups excluding carboxylic acids is 2. The third-order valence-corrected chi connectivity index (χ3v) is 5.14. The SMILES string of the molecule is CCC(C(=O)N1CCC(NC(=O)Cn2cc(C(=O)O)nn2)CC1)c1ccccc1. The fourth-order valence-electron chi connectivity index (χ4n) is 3.60. The number of hydrogen-bond donors (Lipinski definition) is 2. The molecule has 29 heavy (non-hydrogen) atoms. The molecule has 1 atom stereocenters. The Labute approximate surface area is 168 Å². The van der Waals surface area contributed by atoms with Gasteiger partial charge in [0, 0.05) is 19.1 Å². The minimum absolute atomic E-state index is 0.0224. The molecule has 2 heterocycles. The van der Waals surface area contributed by atoms with Gasteiger partial charge in [0.2, 0.25) is 11.8 Å².